The summed E-state index contributed by atoms with van der Waals surface area (Å²) in [6.45, 7) is 12.0. The Morgan fingerprint density at radius 2 is 1.79 bits per heavy atom. The minimum Gasteiger partial charge on any atom is -0.379 e. The second kappa shape index (κ2) is 7.24. The summed E-state index contributed by atoms with van der Waals surface area (Å²) in [6.07, 6.45) is 1.79. The van der Waals surface area contributed by atoms with Gasteiger partial charge in [-0.2, -0.15) is 0 Å². The minimum absolute atomic E-state index is 0.746. The molecule has 0 aliphatic carbocycles. The van der Waals surface area contributed by atoms with Crippen LogP contribution in [0.2, 0.25) is 0 Å². The lowest BCUT2D eigenvalue weighted by molar-refractivity contribution is 0.0364. The highest BCUT2D eigenvalue weighted by Crippen LogP contribution is 2.28. The fourth-order valence-corrected chi connectivity index (χ4v) is 4.21. The number of hydrogen-bond acceptors (Lipinski definition) is 5. The Hall–Kier alpha value is -2.77. The number of benzene rings is 1. The number of morpholine rings is 1. The number of fused-ring (bicyclic) bond motifs is 3. The molecule has 0 bridgehead atoms. The Morgan fingerprint density at radius 1 is 1.00 bits per heavy atom. The summed E-state index contributed by atoms with van der Waals surface area (Å²) in [7, 11) is 0. The highest BCUT2D eigenvalue weighted by Gasteiger charge is 2.19. The number of aryl methyl sites for hydroxylation is 2. The molecule has 0 spiro atoms. The van der Waals surface area contributed by atoms with Crippen LogP contribution in [0.3, 0.4) is 0 Å². The Balaban J connectivity index is 1.57. The summed E-state index contributed by atoms with van der Waals surface area (Å²) >= 11 is 0. The van der Waals surface area contributed by atoms with Gasteiger partial charge in [-0.05, 0) is 31.9 Å². The van der Waals surface area contributed by atoms with Crippen LogP contribution < -0.4 is 0 Å². The molecule has 4 aromatic rings. The molecule has 29 heavy (non-hydrogen) atoms. The minimum atomic E-state index is 0.746. The van der Waals surface area contributed by atoms with Gasteiger partial charge in [-0.15, -0.1) is 5.10 Å². The third kappa shape index (κ3) is 3.10. The first-order chi connectivity index (χ1) is 14.1. The second-order valence-electron chi connectivity index (χ2n) is 7.78. The van der Waals surface area contributed by atoms with E-state index in [-0.39, 0.29) is 0 Å². The van der Waals surface area contributed by atoms with Crippen molar-refractivity contribution in [3.05, 3.63) is 47.4 Å². The van der Waals surface area contributed by atoms with Crippen LogP contribution in [0.4, 0.5) is 0 Å². The topological polar surface area (TPSA) is 60.5 Å². The summed E-state index contributed by atoms with van der Waals surface area (Å²) in [6, 6.07) is 8.22. The lowest BCUT2D eigenvalue weighted by atomic mass is 10.1. The van der Waals surface area contributed by atoms with E-state index in [0.29, 0.717) is 0 Å². The first-order valence-corrected chi connectivity index (χ1v) is 10.2. The van der Waals surface area contributed by atoms with E-state index in [1.807, 2.05) is 16.6 Å². The normalized spacial score (nSPS) is 15.6. The van der Waals surface area contributed by atoms with Crippen molar-refractivity contribution in [2.24, 2.45) is 0 Å². The van der Waals surface area contributed by atoms with Crippen LogP contribution in [0.5, 0.6) is 0 Å². The first kappa shape index (κ1) is 18.3. The van der Waals surface area contributed by atoms with Gasteiger partial charge in [0, 0.05) is 37.4 Å². The molecule has 1 fully saturated rings. The van der Waals surface area contributed by atoms with Gasteiger partial charge >= 0.3 is 0 Å². The van der Waals surface area contributed by atoms with E-state index in [4.69, 9.17) is 19.8 Å². The van der Waals surface area contributed by atoms with Gasteiger partial charge in [0.15, 0.2) is 11.5 Å². The standard InChI is InChI=1S/C22H26N6O/c1-15-6-4-5-7-18(15)20-24-22-19-16(2)17(3)27(21(19)23-14-28(22)25-20)9-8-26-10-12-29-13-11-26/h4-7,14H,8-13H2,1-3H3. The first-order valence-electron chi connectivity index (χ1n) is 10.2. The van der Waals surface area contributed by atoms with Gasteiger partial charge < -0.3 is 9.30 Å². The van der Waals surface area contributed by atoms with Crippen LogP contribution in [-0.4, -0.2) is 61.9 Å². The van der Waals surface area contributed by atoms with E-state index in [1.54, 1.807) is 6.33 Å². The fourth-order valence-electron chi connectivity index (χ4n) is 4.21. The van der Waals surface area contributed by atoms with Gasteiger partial charge in [0.25, 0.3) is 0 Å². The summed E-state index contributed by atoms with van der Waals surface area (Å²) in [5.41, 5.74) is 6.57. The molecule has 0 N–H and O–H groups in total. The van der Waals surface area contributed by atoms with Crippen LogP contribution in [0.1, 0.15) is 16.8 Å². The summed E-state index contributed by atoms with van der Waals surface area (Å²) in [5.74, 6) is 0.746. The summed E-state index contributed by atoms with van der Waals surface area (Å²) in [5, 5.41) is 5.80. The van der Waals surface area contributed by atoms with Gasteiger partial charge in [0.1, 0.15) is 12.0 Å². The van der Waals surface area contributed by atoms with Crippen LogP contribution in [0.15, 0.2) is 30.6 Å². The number of ether oxygens (including phenoxy) is 1. The van der Waals surface area contributed by atoms with Gasteiger partial charge in [0.05, 0.1) is 18.6 Å². The third-order valence-corrected chi connectivity index (χ3v) is 6.08. The van der Waals surface area contributed by atoms with Crippen molar-refractivity contribution in [2.45, 2.75) is 27.3 Å². The van der Waals surface area contributed by atoms with Crippen LogP contribution in [0, 0.1) is 20.8 Å². The van der Waals surface area contributed by atoms with E-state index < -0.39 is 0 Å². The van der Waals surface area contributed by atoms with Crippen molar-refractivity contribution < 1.29 is 4.74 Å². The maximum atomic E-state index is 5.47. The van der Waals surface area contributed by atoms with Crippen molar-refractivity contribution in [3.63, 3.8) is 0 Å². The zero-order chi connectivity index (χ0) is 20.0. The van der Waals surface area contributed by atoms with Crippen LogP contribution in [-0.2, 0) is 11.3 Å². The lowest BCUT2D eigenvalue weighted by Crippen LogP contribution is -2.38. The van der Waals surface area contributed by atoms with Crippen LogP contribution in [0.25, 0.3) is 28.1 Å². The van der Waals surface area contributed by atoms with Crippen molar-refractivity contribution in [1.29, 1.82) is 0 Å². The van der Waals surface area contributed by atoms with Crippen molar-refractivity contribution in [3.8, 4) is 11.4 Å². The molecule has 150 valence electrons. The zero-order valence-corrected chi connectivity index (χ0v) is 17.2. The SMILES string of the molecule is Cc1ccccc1-c1nc2c3c(C)c(C)n(CCN4CCOCC4)c3ncn2n1. The maximum Gasteiger partial charge on any atom is 0.182 e. The quantitative estimate of drug-likeness (QED) is 0.536. The molecule has 5 rings (SSSR count). The highest BCUT2D eigenvalue weighted by molar-refractivity contribution is 5.94. The van der Waals surface area contributed by atoms with Crippen LogP contribution >= 0.6 is 0 Å². The van der Waals surface area contributed by atoms with Crippen molar-refractivity contribution in [2.75, 3.05) is 32.8 Å². The summed E-state index contributed by atoms with van der Waals surface area (Å²) < 4.78 is 9.60. The number of rotatable bonds is 4. The Labute approximate surface area is 169 Å². The van der Waals surface area contributed by atoms with Gasteiger partial charge in [0.2, 0.25) is 0 Å². The largest absolute Gasteiger partial charge is 0.379 e. The molecule has 3 aromatic heterocycles. The number of nitrogens with zero attached hydrogens (tertiary/aromatic N) is 6. The van der Waals surface area contributed by atoms with E-state index in [2.05, 4.69) is 42.4 Å². The summed E-state index contributed by atoms with van der Waals surface area (Å²) in [4.78, 5) is 12.1. The van der Waals surface area contributed by atoms with E-state index in [1.165, 1.54) is 16.8 Å². The van der Waals surface area contributed by atoms with E-state index in [0.717, 1.165) is 67.5 Å². The number of aromatic nitrogens is 5. The third-order valence-electron chi connectivity index (χ3n) is 6.08. The molecule has 7 nitrogen and oxygen atoms in total. The fraction of sp³-hybridized carbons (Fsp3) is 0.409. The molecule has 0 saturated carbocycles. The van der Waals surface area contributed by atoms with Gasteiger partial charge in [-0.1, -0.05) is 24.3 Å². The Morgan fingerprint density at radius 3 is 2.59 bits per heavy atom. The highest BCUT2D eigenvalue weighted by atomic mass is 16.5. The number of hydrogen-bond donors (Lipinski definition) is 0. The molecule has 1 aliphatic heterocycles. The molecule has 0 radical (unpaired) electrons. The lowest BCUT2D eigenvalue weighted by Gasteiger charge is -2.26. The average Bonchev–Trinajstić information content (AvgIpc) is 3.27. The smallest absolute Gasteiger partial charge is 0.182 e. The van der Waals surface area contributed by atoms with E-state index in [9.17, 15) is 0 Å². The Kier molecular flexibility index (Phi) is 4.56. The molecular formula is C22H26N6O. The molecule has 0 amide bonds. The van der Waals surface area contributed by atoms with Crippen molar-refractivity contribution in [1.82, 2.24) is 29.0 Å². The molecule has 0 atom stereocenters. The molecule has 1 aliphatic rings. The molecule has 1 saturated heterocycles. The zero-order valence-electron chi connectivity index (χ0n) is 17.2. The molecule has 4 heterocycles. The molecule has 1 aromatic carbocycles. The predicted molar refractivity (Wildman–Crippen MR) is 113 cm³/mol. The maximum absolute atomic E-state index is 5.47. The van der Waals surface area contributed by atoms with Gasteiger partial charge in [-0.3, -0.25) is 4.90 Å². The molecule has 0 unspecified atom stereocenters. The monoisotopic (exact) mass is 390 g/mol. The van der Waals surface area contributed by atoms with E-state index >= 15 is 0 Å². The molecule has 7 heteroatoms. The van der Waals surface area contributed by atoms with Gasteiger partial charge in [-0.25, -0.2) is 14.5 Å². The predicted octanol–water partition coefficient (Wildman–Crippen LogP) is 3.00. The van der Waals surface area contributed by atoms with Crippen molar-refractivity contribution >= 4 is 16.7 Å². The second-order valence-corrected chi connectivity index (χ2v) is 7.78. The Bertz CT molecular complexity index is 1190. The average molecular weight is 390 g/mol. The molecular weight excluding hydrogens is 364 g/mol.